The Kier molecular flexibility index (Phi) is 31.6. The summed E-state index contributed by atoms with van der Waals surface area (Å²) in [6, 6.07) is 0. The van der Waals surface area contributed by atoms with E-state index in [1.807, 2.05) is 0 Å². The normalized spacial score (nSPS) is 46.5. The lowest BCUT2D eigenvalue weighted by Crippen LogP contribution is -2.64. The fourth-order valence-corrected chi connectivity index (χ4v) is 17.0. The maximum atomic E-state index is 13.1. The molecule has 11 rings (SSSR count). The van der Waals surface area contributed by atoms with Crippen molar-refractivity contribution in [3.05, 3.63) is 48.6 Å². The summed E-state index contributed by atoms with van der Waals surface area (Å²) >= 11 is 0. The first-order valence-corrected chi connectivity index (χ1v) is 39.1. The molecule has 0 spiro atoms. The number of carbonyl (C=O) groups is 4. The number of esters is 4. The number of ether oxygens (including phenoxy) is 13. The summed E-state index contributed by atoms with van der Waals surface area (Å²) < 4.78 is 78.7. The van der Waals surface area contributed by atoms with Crippen molar-refractivity contribution in [2.75, 3.05) is 26.4 Å². The number of aliphatic hydroxyl groups is 18. The molecule has 624 valence electrons. The smallest absolute Gasteiger partial charge is 0.330 e. The number of hydrogen-bond donors (Lipinski definition) is 18. The van der Waals surface area contributed by atoms with Gasteiger partial charge in [-0.05, 0) is 152 Å². The van der Waals surface area contributed by atoms with Gasteiger partial charge in [0.15, 0.2) is 25.2 Å². The first-order chi connectivity index (χ1) is 52.5. The molecular weight excluding hydrogens is 1460 g/mol. The highest BCUT2D eigenvalue weighted by atomic mass is 16.7. The molecule has 0 aromatic carbocycles. The first kappa shape index (κ1) is 86.6. The third kappa shape index (κ3) is 22.7. The second-order valence-electron chi connectivity index (χ2n) is 31.9. The number of rotatable bonds is 25. The molecule has 5 aliphatic heterocycles. The quantitative estimate of drug-likeness (QED) is 0.0236. The average molecular weight is 1580 g/mol. The molecule has 18 N–H and O–H groups in total. The van der Waals surface area contributed by atoms with Crippen molar-refractivity contribution >= 4 is 23.9 Å². The van der Waals surface area contributed by atoms with E-state index in [-0.39, 0.29) is 55.8 Å². The number of aliphatic hydroxyl groups excluding tert-OH is 18. The molecule has 0 aromatic heterocycles. The Balaban J connectivity index is 0.859. The molecule has 0 bridgehead atoms. The van der Waals surface area contributed by atoms with Crippen LogP contribution in [-0.2, 0) is 80.8 Å². The van der Waals surface area contributed by atoms with E-state index >= 15 is 0 Å². The third-order valence-corrected chi connectivity index (χ3v) is 23.9. The second-order valence-corrected chi connectivity index (χ2v) is 31.9. The summed E-state index contributed by atoms with van der Waals surface area (Å²) in [5.74, 6) is -5.50. The van der Waals surface area contributed by atoms with Crippen molar-refractivity contribution < 1.29 is 173 Å². The van der Waals surface area contributed by atoms with E-state index in [9.17, 15) is 111 Å². The molecule has 5 heterocycles. The van der Waals surface area contributed by atoms with Gasteiger partial charge >= 0.3 is 23.9 Å². The highest BCUT2D eigenvalue weighted by Crippen LogP contribution is 2.47. The van der Waals surface area contributed by atoms with Gasteiger partial charge in [0.2, 0.25) is 0 Å². The highest BCUT2D eigenvalue weighted by Gasteiger charge is 2.57. The molecule has 11 aliphatic rings. The number of allylic oxidation sites excluding steroid dienone is 4. The molecule has 0 amide bonds. The lowest BCUT2D eigenvalue weighted by molar-refractivity contribution is -0.351. The third-order valence-electron chi connectivity index (χ3n) is 23.9. The fourth-order valence-electron chi connectivity index (χ4n) is 17.0. The van der Waals surface area contributed by atoms with Crippen molar-refractivity contribution in [3.63, 3.8) is 0 Å². The Hall–Kier alpha value is -4.24. The van der Waals surface area contributed by atoms with Crippen LogP contribution in [0.1, 0.15) is 135 Å². The maximum absolute atomic E-state index is 13.1. The van der Waals surface area contributed by atoms with Crippen LogP contribution in [0.25, 0.3) is 0 Å². The SMILES string of the molecule is O=C(C=CC1CCC(O)CC1)OC[C@@H]1O[C@H](OC2CC(O)C3CC(O[C@H]4O[C@@H](COC(=O)C=CC5CCC(O)CC5)[C@H](O)[C@@H](O)[C@@H]4O)C(C4CC(O[C@H]5O[C@@H](COC(=O)C=CC6CCC(O)CC6)[C@H](O)[C@@H](O)[C@@H]5O)C(O)C(O[C@H]5O[C@@H](COC(=O)C=CC6CCC(O)CC6)[C@H](O)[C@@H](O)[C@@H]5O)C4)OC3C2)[C@@H](O)[C@H](O)[C@H]1O. The van der Waals surface area contributed by atoms with E-state index in [1.165, 1.54) is 24.3 Å². The number of hydrogen-bond acceptors (Lipinski definition) is 35. The zero-order valence-electron chi connectivity index (χ0n) is 61.2. The molecule has 0 aromatic rings. The largest absolute Gasteiger partial charge is 0.460 e. The molecule has 35 heteroatoms. The van der Waals surface area contributed by atoms with Crippen LogP contribution in [0.2, 0.25) is 0 Å². The number of carbonyl (C=O) groups excluding carboxylic acids is 4. The number of fused-ring (bicyclic) bond motifs is 1. The standard InChI is InChI=1S/C75H114O35/c76-39-13-1-34(2-14-39)9-21-54(81)98-30-50-59(86)63(90)67(94)72(107-50)102-43-27-45(80)44-29-49(106-75-70(97)66(93)62(89)53(110-75)33-101-57(84)24-12-37-7-19-42(79)20-8-37)71(103-46(44)28-43)38-25-47(104-73-68(95)64(91)60(87)51(108-73)31-99-55(82)22-10-35-3-15-40(77)16-4-35)58(85)48(26-38)105-74-69(96)65(92)61(88)52(109-74)32-100-56(83)23-11-36-5-17-41(78)18-6-36/h9-12,21-24,34-53,58-80,85-97H,1-8,13-20,25-33H2/t34?,35?,36?,37?,38?,39?,40?,41?,42?,43?,44?,45?,46?,47?,48?,49?,50-,51-,52-,53-,58?,59-,60-,61-,62-,63+,64+,65+,66+,67-,68-,69-,70-,71?,72-,73-,74-,75-/m0/s1. The molecule has 28 atom stereocenters. The van der Waals surface area contributed by atoms with Crippen molar-refractivity contribution in [3.8, 4) is 0 Å². The van der Waals surface area contributed by atoms with Crippen LogP contribution in [-0.4, -0.2) is 338 Å². The van der Waals surface area contributed by atoms with Crippen LogP contribution in [0.5, 0.6) is 0 Å². The van der Waals surface area contributed by atoms with Crippen molar-refractivity contribution in [2.24, 2.45) is 35.5 Å². The van der Waals surface area contributed by atoms with Crippen LogP contribution in [0.3, 0.4) is 0 Å². The van der Waals surface area contributed by atoms with Crippen molar-refractivity contribution in [1.29, 1.82) is 0 Å². The van der Waals surface area contributed by atoms with Gasteiger partial charge < -0.3 is 153 Å². The average Bonchev–Trinajstić information content (AvgIpc) is 0.758. The minimum atomic E-state index is -2.10. The van der Waals surface area contributed by atoms with Crippen molar-refractivity contribution in [1.82, 2.24) is 0 Å². The molecule has 110 heavy (non-hydrogen) atoms. The minimum absolute atomic E-state index is 0.0133. The van der Waals surface area contributed by atoms with Gasteiger partial charge in [-0.25, -0.2) is 19.2 Å². The summed E-state index contributed by atoms with van der Waals surface area (Å²) in [4.78, 5) is 52.2. The predicted octanol–water partition coefficient (Wildman–Crippen LogP) is -3.94. The fraction of sp³-hybridized carbons (Fsp3) is 0.840. The Labute approximate surface area is 635 Å². The van der Waals surface area contributed by atoms with E-state index in [1.54, 1.807) is 24.3 Å². The van der Waals surface area contributed by atoms with Gasteiger partial charge in [0.1, 0.15) is 130 Å². The van der Waals surface area contributed by atoms with E-state index < -0.39 is 258 Å². The van der Waals surface area contributed by atoms with Gasteiger partial charge in [-0.3, -0.25) is 0 Å². The summed E-state index contributed by atoms with van der Waals surface area (Å²) in [6.45, 7) is -2.70. The Bertz CT molecular complexity index is 2930. The van der Waals surface area contributed by atoms with Gasteiger partial charge in [-0.1, -0.05) is 24.3 Å². The van der Waals surface area contributed by atoms with Gasteiger partial charge in [-0.15, -0.1) is 0 Å². The van der Waals surface area contributed by atoms with E-state index in [0.29, 0.717) is 103 Å². The van der Waals surface area contributed by atoms with Crippen LogP contribution in [0.4, 0.5) is 0 Å². The van der Waals surface area contributed by atoms with Gasteiger partial charge in [0.25, 0.3) is 0 Å². The van der Waals surface area contributed by atoms with Gasteiger partial charge in [0, 0.05) is 43.1 Å². The topological polar surface area (TPSA) is 552 Å². The molecule has 8 unspecified atom stereocenters. The van der Waals surface area contributed by atoms with Crippen LogP contribution in [0, 0.1) is 35.5 Å². The molecule has 6 aliphatic carbocycles. The zero-order chi connectivity index (χ0) is 78.8. The monoisotopic (exact) mass is 1570 g/mol. The summed E-state index contributed by atoms with van der Waals surface area (Å²) in [6.07, 6.45) is -31.6. The molecular formula is C75H114O35. The molecule has 35 nitrogen and oxygen atoms in total. The lowest BCUT2D eigenvalue weighted by atomic mass is 9.72. The van der Waals surface area contributed by atoms with Crippen LogP contribution >= 0.6 is 0 Å². The van der Waals surface area contributed by atoms with E-state index in [2.05, 4.69) is 0 Å². The molecule has 0 radical (unpaired) electrons. The summed E-state index contributed by atoms with van der Waals surface area (Å²) in [5.41, 5.74) is 0. The predicted molar refractivity (Wildman–Crippen MR) is 369 cm³/mol. The minimum Gasteiger partial charge on any atom is -0.460 e. The highest BCUT2D eigenvalue weighted by molar-refractivity contribution is 5.83. The molecule has 11 fully saturated rings. The Morgan fingerprint density at radius 1 is 0.291 bits per heavy atom. The van der Waals surface area contributed by atoms with E-state index in [0.717, 1.165) is 0 Å². The Morgan fingerprint density at radius 2 is 0.573 bits per heavy atom. The lowest BCUT2D eigenvalue weighted by Gasteiger charge is -2.53. The first-order valence-electron chi connectivity index (χ1n) is 39.1. The van der Waals surface area contributed by atoms with Crippen molar-refractivity contribution in [2.45, 2.75) is 331 Å². The summed E-state index contributed by atoms with van der Waals surface area (Å²) in [5, 5.41) is 201. The van der Waals surface area contributed by atoms with Crippen LogP contribution in [0.15, 0.2) is 48.6 Å². The second kappa shape index (κ2) is 40.1. The zero-order valence-corrected chi connectivity index (χ0v) is 61.2. The van der Waals surface area contributed by atoms with Gasteiger partial charge in [-0.2, -0.15) is 0 Å². The summed E-state index contributed by atoms with van der Waals surface area (Å²) in [7, 11) is 0. The van der Waals surface area contributed by atoms with E-state index in [4.69, 9.17) is 61.6 Å². The van der Waals surface area contributed by atoms with Gasteiger partial charge in [0.05, 0.1) is 67.1 Å². The molecule has 5 saturated heterocycles. The molecule has 6 saturated carbocycles. The maximum Gasteiger partial charge on any atom is 0.330 e. The van der Waals surface area contributed by atoms with Crippen LogP contribution < -0.4 is 0 Å². The Morgan fingerprint density at radius 3 is 0.873 bits per heavy atom.